The third-order valence-electron chi connectivity index (χ3n) is 4.07. The number of halogens is 1. The number of carbonyl (C=O) groups is 1. The quantitative estimate of drug-likeness (QED) is 0.688. The van der Waals surface area contributed by atoms with E-state index in [1.165, 1.54) is 0 Å². The number of tetrazole rings is 1. The number of esters is 1. The van der Waals surface area contributed by atoms with Crippen LogP contribution in [0.25, 0.3) is 0 Å². The van der Waals surface area contributed by atoms with Crippen LogP contribution in [0.2, 0.25) is 0 Å². The zero-order valence-electron chi connectivity index (χ0n) is 15.4. The average molecular weight is 438 g/mol. The lowest BCUT2D eigenvalue weighted by atomic mass is 9.95. The standard InChI is InChI=1S/C17H20BrN5O4/c1-5-26-15-11(18)7-10(8-12(15)25-4)14-13(16(24)27-6-2)9(3)19-17-20-21-22-23(14)17/h7-8,14H,5-6H2,1-4H3,(H,19,20,22)/t14-/m0/s1. The van der Waals surface area contributed by atoms with E-state index < -0.39 is 12.0 Å². The molecule has 0 saturated heterocycles. The molecule has 1 aromatic heterocycles. The van der Waals surface area contributed by atoms with Gasteiger partial charge in [-0.2, -0.15) is 4.68 Å². The molecule has 1 N–H and O–H groups in total. The first kappa shape index (κ1) is 19.2. The van der Waals surface area contributed by atoms with Crippen molar-refractivity contribution in [3.05, 3.63) is 33.4 Å². The predicted molar refractivity (Wildman–Crippen MR) is 101 cm³/mol. The summed E-state index contributed by atoms with van der Waals surface area (Å²) in [6.45, 7) is 6.20. The molecule has 27 heavy (non-hydrogen) atoms. The first-order valence-electron chi connectivity index (χ1n) is 8.44. The summed E-state index contributed by atoms with van der Waals surface area (Å²) in [5, 5.41) is 14.8. The second-order valence-electron chi connectivity index (χ2n) is 5.70. The Balaban J connectivity index is 2.18. The number of carbonyl (C=O) groups excluding carboxylic acids is 1. The number of nitrogens with zero attached hydrogens (tertiary/aromatic N) is 4. The molecule has 1 aromatic carbocycles. The van der Waals surface area contributed by atoms with Crippen molar-refractivity contribution in [1.29, 1.82) is 0 Å². The Bertz CT molecular complexity index is 895. The van der Waals surface area contributed by atoms with Crippen LogP contribution in [0.5, 0.6) is 11.5 Å². The van der Waals surface area contributed by atoms with E-state index in [0.717, 1.165) is 5.56 Å². The van der Waals surface area contributed by atoms with Crippen molar-refractivity contribution >= 4 is 27.8 Å². The van der Waals surface area contributed by atoms with Gasteiger partial charge in [0.25, 0.3) is 0 Å². The molecule has 2 heterocycles. The van der Waals surface area contributed by atoms with E-state index in [2.05, 4.69) is 36.8 Å². The summed E-state index contributed by atoms with van der Waals surface area (Å²) in [5.41, 5.74) is 1.80. The zero-order valence-corrected chi connectivity index (χ0v) is 17.0. The summed E-state index contributed by atoms with van der Waals surface area (Å²) in [7, 11) is 1.56. The Hall–Kier alpha value is -2.62. The number of hydrogen-bond acceptors (Lipinski definition) is 8. The van der Waals surface area contributed by atoms with Gasteiger partial charge in [-0.1, -0.05) is 5.10 Å². The van der Waals surface area contributed by atoms with Gasteiger partial charge in [-0.3, -0.25) is 0 Å². The maximum absolute atomic E-state index is 12.7. The Morgan fingerprint density at radius 1 is 1.33 bits per heavy atom. The predicted octanol–water partition coefficient (Wildman–Crippen LogP) is 2.69. The van der Waals surface area contributed by atoms with Gasteiger partial charge in [0.15, 0.2) is 11.5 Å². The fourth-order valence-electron chi connectivity index (χ4n) is 2.98. The highest BCUT2D eigenvalue weighted by Gasteiger charge is 2.35. The number of ether oxygens (including phenoxy) is 3. The van der Waals surface area contributed by atoms with Crippen molar-refractivity contribution in [3.63, 3.8) is 0 Å². The van der Waals surface area contributed by atoms with Crippen molar-refractivity contribution in [2.75, 3.05) is 25.6 Å². The number of hydrogen-bond donors (Lipinski definition) is 1. The molecule has 3 rings (SSSR count). The van der Waals surface area contributed by atoms with Crippen LogP contribution in [0.3, 0.4) is 0 Å². The number of benzene rings is 1. The number of rotatable bonds is 6. The van der Waals surface area contributed by atoms with Gasteiger partial charge < -0.3 is 19.5 Å². The average Bonchev–Trinajstić information content (AvgIpc) is 3.10. The van der Waals surface area contributed by atoms with E-state index in [9.17, 15) is 4.79 Å². The summed E-state index contributed by atoms with van der Waals surface area (Å²) in [6, 6.07) is 3.10. The normalized spacial score (nSPS) is 15.8. The first-order valence-corrected chi connectivity index (χ1v) is 9.24. The van der Waals surface area contributed by atoms with Gasteiger partial charge in [-0.05, 0) is 64.8 Å². The van der Waals surface area contributed by atoms with Gasteiger partial charge in [-0.15, -0.1) is 0 Å². The lowest BCUT2D eigenvalue weighted by Gasteiger charge is -2.28. The van der Waals surface area contributed by atoms with Crippen LogP contribution >= 0.6 is 15.9 Å². The number of allylic oxidation sites excluding steroid dienone is 1. The van der Waals surface area contributed by atoms with Gasteiger partial charge in [0.2, 0.25) is 5.95 Å². The zero-order chi connectivity index (χ0) is 19.6. The van der Waals surface area contributed by atoms with E-state index in [1.807, 2.05) is 19.1 Å². The molecule has 0 spiro atoms. The van der Waals surface area contributed by atoms with Crippen LogP contribution in [-0.4, -0.2) is 46.5 Å². The minimum atomic E-state index is -0.573. The van der Waals surface area contributed by atoms with Crippen molar-refractivity contribution in [2.24, 2.45) is 0 Å². The number of aromatic nitrogens is 4. The topological polar surface area (TPSA) is 100 Å². The molecule has 1 aliphatic heterocycles. The van der Waals surface area contributed by atoms with E-state index in [1.54, 1.807) is 25.6 Å². The maximum Gasteiger partial charge on any atom is 0.338 e. The van der Waals surface area contributed by atoms with E-state index in [0.29, 0.717) is 39.8 Å². The second kappa shape index (κ2) is 7.95. The van der Waals surface area contributed by atoms with Crippen molar-refractivity contribution < 1.29 is 19.0 Å². The lowest BCUT2D eigenvalue weighted by molar-refractivity contribution is -0.139. The highest BCUT2D eigenvalue weighted by molar-refractivity contribution is 9.10. The summed E-state index contributed by atoms with van der Waals surface area (Å²) in [5.74, 6) is 1.13. The van der Waals surface area contributed by atoms with Crippen molar-refractivity contribution in [2.45, 2.75) is 26.8 Å². The van der Waals surface area contributed by atoms with Crippen LogP contribution in [0.15, 0.2) is 27.9 Å². The highest BCUT2D eigenvalue weighted by Crippen LogP contribution is 2.42. The van der Waals surface area contributed by atoms with Gasteiger partial charge in [-0.25, -0.2) is 4.79 Å². The number of methoxy groups -OCH3 is 1. The van der Waals surface area contributed by atoms with E-state index in [-0.39, 0.29) is 6.61 Å². The third-order valence-corrected chi connectivity index (χ3v) is 4.65. The molecule has 0 radical (unpaired) electrons. The van der Waals surface area contributed by atoms with Crippen LogP contribution < -0.4 is 14.8 Å². The van der Waals surface area contributed by atoms with Gasteiger partial charge in [0.05, 0.1) is 30.4 Å². The number of fused-ring (bicyclic) bond motifs is 1. The molecule has 0 saturated carbocycles. The summed E-state index contributed by atoms with van der Waals surface area (Å²) in [4.78, 5) is 12.7. The van der Waals surface area contributed by atoms with Gasteiger partial charge >= 0.3 is 5.97 Å². The van der Waals surface area contributed by atoms with Crippen molar-refractivity contribution in [1.82, 2.24) is 20.2 Å². The highest BCUT2D eigenvalue weighted by atomic mass is 79.9. The van der Waals surface area contributed by atoms with Crippen LogP contribution in [0.4, 0.5) is 5.95 Å². The first-order chi connectivity index (χ1) is 13.0. The fraction of sp³-hybridized carbons (Fsp3) is 0.412. The Labute approximate surface area is 164 Å². The molecule has 1 aliphatic rings. The number of anilines is 1. The lowest BCUT2D eigenvalue weighted by Crippen LogP contribution is -2.29. The Morgan fingerprint density at radius 3 is 2.78 bits per heavy atom. The summed E-state index contributed by atoms with van der Waals surface area (Å²) < 4.78 is 18.6. The fourth-order valence-corrected chi connectivity index (χ4v) is 3.55. The van der Waals surface area contributed by atoms with Crippen molar-refractivity contribution in [3.8, 4) is 11.5 Å². The molecule has 2 aromatic rings. The second-order valence-corrected chi connectivity index (χ2v) is 6.56. The Kier molecular flexibility index (Phi) is 5.64. The summed E-state index contributed by atoms with van der Waals surface area (Å²) >= 11 is 3.53. The molecule has 0 bridgehead atoms. The molecule has 0 aliphatic carbocycles. The summed E-state index contributed by atoms with van der Waals surface area (Å²) in [6.07, 6.45) is 0. The molecule has 0 unspecified atom stereocenters. The van der Waals surface area contributed by atoms with E-state index >= 15 is 0 Å². The number of nitrogens with one attached hydrogen (secondary N) is 1. The smallest absolute Gasteiger partial charge is 0.338 e. The van der Waals surface area contributed by atoms with Crippen LogP contribution in [0, 0.1) is 0 Å². The SMILES string of the molecule is CCOC(=O)C1=C(C)Nc2nnnn2[C@H]1c1cc(Br)c(OCC)c(OC)c1. The minimum Gasteiger partial charge on any atom is -0.493 e. The largest absolute Gasteiger partial charge is 0.493 e. The molecular formula is C17H20BrN5O4. The van der Waals surface area contributed by atoms with E-state index in [4.69, 9.17) is 14.2 Å². The van der Waals surface area contributed by atoms with Crippen LogP contribution in [0.1, 0.15) is 32.4 Å². The molecule has 10 heteroatoms. The van der Waals surface area contributed by atoms with Gasteiger partial charge in [0, 0.05) is 5.70 Å². The maximum atomic E-state index is 12.7. The minimum absolute atomic E-state index is 0.265. The molecular weight excluding hydrogens is 418 g/mol. The third kappa shape index (κ3) is 3.48. The molecule has 0 amide bonds. The molecule has 1 atom stereocenters. The van der Waals surface area contributed by atoms with Gasteiger partial charge in [0.1, 0.15) is 6.04 Å². The molecule has 144 valence electrons. The Morgan fingerprint density at radius 2 is 2.11 bits per heavy atom. The molecule has 9 nitrogen and oxygen atoms in total. The monoisotopic (exact) mass is 437 g/mol. The molecule has 0 fully saturated rings. The van der Waals surface area contributed by atoms with Crippen LogP contribution in [-0.2, 0) is 9.53 Å².